The number of halogens is 4. The predicted molar refractivity (Wildman–Crippen MR) is 99.6 cm³/mol. The smallest absolute Gasteiger partial charge is 0.129 e. The maximum Gasteiger partial charge on any atom is 0.129 e. The van der Waals surface area contributed by atoms with Gasteiger partial charge >= 0.3 is 0 Å². The van der Waals surface area contributed by atoms with E-state index in [1.165, 1.54) is 6.07 Å². The summed E-state index contributed by atoms with van der Waals surface area (Å²) in [5.74, 6) is -1.45. The summed E-state index contributed by atoms with van der Waals surface area (Å²) in [6.45, 7) is 0.342. The maximum atomic E-state index is 14.2. The van der Waals surface area contributed by atoms with Gasteiger partial charge in [-0.15, -0.1) is 12.4 Å². The lowest BCUT2D eigenvalue weighted by Crippen LogP contribution is -2.50. The molecule has 1 aromatic heterocycles. The Bertz CT molecular complexity index is 933. The van der Waals surface area contributed by atoms with Crippen molar-refractivity contribution in [2.45, 2.75) is 31.5 Å². The van der Waals surface area contributed by atoms with Gasteiger partial charge in [-0.25, -0.2) is 13.2 Å². The standard InChI is InChI=1S/C20H17F3N2O.ClH/c21-13-7-14(22)9-15(8-13)26-20-4-3-19(20)25-11-17-16-5-6-24-10-12(16)1-2-18(17)23;/h1-2,5-10,19-20,25H,3-4,11H2;1H/t19-,20-;/m1./s1. The molecule has 0 radical (unpaired) electrons. The summed E-state index contributed by atoms with van der Waals surface area (Å²) in [6.07, 6.45) is 4.77. The van der Waals surface area contributed by atoms with Crippen LogP contribution in [0.3, 0.4) is 0 Å². The Labute approximate surface area is 161 Å². The second-order valence-electron chi connectivity index (χ2n) is 6.45. The first-order chi connectivity index (χ1) is 12.6. The van der Waals surface area contributed by atoms with Crippen LogP contribution in [0.2, 0.25) is 0 Å². The molecule has 0 unspecified atom stereocenters. The molecule has 7 heteroatoms. The first-order valence-electron chi connectivity index (χ1n) is 8.47. The van der Waals surface area contributed by atoms with Crippen molar-refractivity contribution in [3.8, 4) is 5.75 Å². The Kier molecular flexibility index (Phi) is 5.87. The molecular formula is C20H18ClF3N2O. The van der Waals surface area contributed by atoms with E-state index in [2.05, 4.69) is 10.3 Å². The Morgan fingerprint density at radius 2 is 1.81 bits per heavy atom. The van der Waals surface area contributed by atoms with Gasteiger partial charge in [-0.2, -0.15) is 0 Å². The zero-order valence-electron chi connectivity index (χ0n) is 14.3. The predicted octanol–water partition coefficient (Wildman–Crippen LogP) is 4.77. The first-order valence-corrected chi connectivity index (χ1v) is 8.47. The average molecular weight is 395 g/mol. The van der Waals surface area contributed by atoms with Gasteiger partial charge in [0.2, 0.25) is 0 Å². The Balaban J connectivity index is 0.00000210. The van der Waals surface area contributed by atoms with Gasteiger partial charge in [0.15, 0.2) is 0 Å². The maximum absolute atomic E-state index is 14.2. The highest BCUT2D eigenvalue weighted by atomic mass is 35.5. The highest BCUT2D eigenvalue weighted by molar-refractivity contribution is 5.85. The molecule has 0 amide bonds. The van der Waals surface area contributed by atoms with Gasteiger partial charge in [0.25, 0.3) is 0 Å². The third-order valence-corrected chi connectivity index (χ3v) is 4.75. The SMILES string of the molecule is Cl.Fc1cc(F)cc(O[C@@H]2CC[C@H]2NCc2c(F)ccc3cnccc23)c1. The number of benzene rings is 2. The van der Waals surface area contributed by atoms with Crippen molar-refractivity contribution in [2.75, 3.05) is 0 Å². The molecule has 1 saturated carbocycles. The van der Waals surface area contributed by atoms with Crippen molar-refractivity contribution in [1.29, 1.82) is 0 Å². The number of nitrogens with one attached hydrogen (secondary N) is 1. The Morgan fingerprint density at radius 3 is 2.52 bits per heavy atom. The number of rotatable bonds is 5. The van der Waals surface area contributed by atoms with Crippen LogP contribution in [0.15, 0.2) is 48.8 Å². The van der Waals surface area contributed by atoms with Crippen LogP contribution in [-0.2, 0) is 6.54 Å². The van der Waals surface area contributed by atoms with E-state index >= 15 is 0 Å². The molecule has 1 fully saturated rings. The van der Waals surface area contributed by atoms with Crippen LogP contribution in [0.1, 0.15) is 18.4 Å². The molecule has 0 saturated heterocycles. The van der Waals surface area contributed by atoms with Crippen molar-refractivity contribution >= 4 is 23.2 Å². The van der Waals surface area contributed by atoms with Crippen molar-refractivity contribution < 1.29 is 17.9 Å². The van der Waals surface area contributed by atoms with E-state index in [0.717, 1.165) is 41.8 Å². The number of hydrogen-bond donors (Lipinski definition) is 1. The third kappa shape index (κ3) is 4.17. The van der Waals surface area contributed by atoms with Gasteiger partial charge in [0.1, 0.15) is 29.3 Å². The summed E-state index contributed by atoms with van der Waals surface area (Å²) in [5.41, 5.74) is 0.576. The molecule has 2 atom stereocenters. The quantitative estimate of drug-likeness (QED) is 0.676. The summed E-state index contributed by atoms with van der Waals surface area (Å²) in [5, 5.41) is 4.99. The highest BCUT2D eigenvalue weighted by Gasteiger charge is 2.32. The molecule has 1 aliphatic carbocycles. The number of fused-ring (bicyclic) bond motifs is 1. The number of nitrogens with zero attached hydrogens (tertiary/aromatic N) is 1. The van der Waals surface area contributed by atoms with E-state index in [0.29, 0.717) is 12.1 Å². The second kappa shape index (κ2) is 8.15. The van der Waals surface area contributed by atoms with Crippen molar-refractivity contribution in [1.82, 2.24) is 10.3 Å². The molecule has 0 spiro atoms. The summed E-state index contributed by atoms with van der Waals surface area (Å²) in [4.78, 5) is 4.06. The lowest BCUT2D eigenvalue weighted by molar-refractivity contribution is 0.0711. The number of aromatic nitrogens is 1. The van der Waals surface area contributed by atoms with E-state index in [9.17, 15) is 13.2 Å². The van der Waals surface area contributed by atoms with Gasteiger partial charge in [-0.3, -0.25) is 4.98 Å². The van der Waals surface area contributed by atoms with Crippen LogP contribution >= 0.6 is 12.4 Å². The van der Waals surface area contributed by atoms with E-state index in [4.69, 9.17) is 4.74 Å². The molecule has 27 heavy (non-hydrogen) atoms. The third-order valence-electron chi connectivity index (χ3n) is 4.75. The molecule has 3 nitrogen and oxygen atoms in total. The molecule has 4 rings (SSSR count). The Hall–Kier alpha value is -2.31. The van der Waals surface area contributed by atoms with Gasteiger partial charge in [0.05, 0.1) is 0 Å². The van der Waals surface area contributed by atoms with Gasteiger partial charge in [-0.1, -0.05) is 0 Å². The monoisotopic (exact) mass is 394 g/mol. The topological polar surface area (TPSA) is 34.1 Å². The minimum absolute atomic E-state index is 0. The van der Waals surface area contributed by atoms with Crippen LogP contribution in [0.25, 0.3) is 10.8 Å². The summed E-state index contributed by atoms with van der Waals surface area (Å²) < 4.78 is 46.5. The van der Waals surface area contributed by atoms with Crippen LogP contribution in [-0.4, -0.2) is 17.1 Å². The summed E-state index contributed by atoms with van der Waals surface area (Å²) >= 11 is 0. The minimum Gasteiger partial charge on any atom is -0.489 e. The molecule has 2 aromatic carbocycles. The second-order valence-corrected chi connectivity index (χ2v) is 6.45. The molecule has 0 aliphatic heterocycles. The van der Waals surface area contributed by atoms with Crippen LogP contribution in [0.5, 0.6) is 5.75 Å². The number of ether oxygens (including phenoxy) is 1. The van der Waals surface area contributed by atoms with E-state index < -0.39 is 11.6 Å². The first kappa shape index (κ1) is 19.5. The molecule has 1 N–H and O–H groups in total. The van der Waals surface area contributed by atoms with Gasteiger partial charge < -0.3 is 10.1 Å². The normalized spacial score (nSPS) is 18.6. The summed E-state index contributed by atoms with van der Waals surface area (Å²) in [7, 11) is 0. The lowest BCUT2D eigenvalue weighted by Gasteiger charge is -2.37. The lowest BCUT2D eigenvalue weighted by atomic mass is 9.88. The van der Waals surface area contributed by atoms with Crippen molar-refractivity contribution in [2.24, 2.45) is 0 Å². The van der Waals surface area contributed by atoms with Crippen molar-refractivity contribution in [3.63, 3.8) is 0 Å². The summed E-state index contributed by atoms with van der Waals surface area (Å²) in [6, 6.07) is 8.06. The molecule has 142 valence electrons. The average Bonchev–Trinajstić information content (AvgIpc) is 2.60. The molecule has 3 aromatic rings. The van der Waals surface area contributed by atoms with E-state index in [-0.39, 0.29) is 36.1 Å². The van der Waals surface area contributed by atoms with E-state index in [1.807, 2.05) is 0 Å². The molecule has 1 aliphatic rings. The molecule has 0 bridgehead atoms. The largest absolute Gasteiger partial charge is 0.489 e. The number of hydrogen-bond acceptors (Lipinski definition) is 3. The van der Waals surface area contributed by atoms with Crippen LogP contribution in [0.4, 0.5) is 13.2 Å². The fraction of sp³-hybridized carbons (Fsp3) is 0.250. The van der Waals surface area contributed by atoms with Gasteiger partial charge in [0, 0.05) is 54.1 Å². The fourth-order valence-corrected chi connectivity index (χ4v) is 3.23. The van der Waals surface area contributed by atoms with E-state index in [1.54, 1.807) is 24.5 Å². The highest BCUT2D eigenvalue weighted by Crippen LogP contribution is 2.28. The molecular weight excluding hydrogens is 377 g/mol. The molecule has 1 heterocycles. The zero-order valence-corrected chi connectivity index (χ0v) is 15.1. The fourth-order valence-electron chi connectivity index (χ4n) is 3.23. The van der Waals surface area contributed by atoms with Gasteiger partial charge in [-0.05, 0) is 36.4 Å². The van der Waals surface area contributed by atoms with Crippen molar-refractivity contribution in [3.05, 3.63) is 71.8 Å². The Morgan fingerprint density at radius 1 is 1.04 bits per heavy atom. The minimum atomic E-state index is -0.671. The van der Waals surface area contributed by atoms with Crippen LogP contribution < -0.4 is 10.1 Å². The number of pyridine rings is 1. The van der Waals surface area contributed by atoms with Crippen LogP contribution in [0, 0.1) is 17.5 Å². The zero-order chi connectivity index (χ0) is 18.1.